The molecule has 7 unspecified atom stereocenters. The first kappa shape index (κ1) is 16.5. The van der Waals surface area contributed by atoms with Crippen molar-refractivity contribution in [2.45, 2.75) is 56.7 Å². The highest BCUT2D eigenvalue weighted by Gasteiger charge is 2.44. The Balaban J connectivity index is 1.90. The van der Waals surface area contributed by atoms with E-state index in [0.29, 0.717) is 19.3 Å². The third kappa shape index (κ3) is 3.87. The van der Waals surface area contributed by atoms with Crippen LogP contribution < -0.4 is 0 Å². The van der Waals surface area contributed by atoms with Crippen LogP contribution in [0.2, 0.25) is 0 Å². The number of hydrogen-bond donors (Lipinski definition) is 5. The quantitative estimate of drug-likeness (QED) is 0.444. The van der Waals surface area contributed by atoms with Gasteiger partial charge in [-0.15, -0.1) is 0 Å². The molecule has 2 rings (SSSR count). The topological polar surface area (TPSA) is 120 Å². The van der Waals surface area contributed by atoms with Gasteiger partial charge in [0.05, 0.1) is 31.0 Å². The summed E-state index contributed by atoms with van der Waals surface area (Å²) >= 11 is 0. The fourth-order valence-electron chi connectivity index (χ4n) is 3.12. The minimum absolute atomic E-state index is 0.0853. The third-order valence-electron chi connectivity index (χ3n) is 4.36. The van der Waals surface area contributed by atoms with E-state index in [2.05, 4.69) is 4.52 Å². The van der Waals surface area contributed by atoms with Crippen LogP contribution in [0.25, 0.3) is 0 Å². The standard InChI is InChI=1S/C12H23O7P/c1-6-2-7(9(14)3-8(6)13)11-4-10(15)12(19-11)5-18-20(16)17/h6-17H,2-5H2,1H3. The van der Waals surface area contributed by atoms with Crippen molar-refractivity contribution in [1.29, 1.82) is 0 Å². The first-order valence-corrected chi connectivity index (χ1v) is 8.05. The Morgan fingerprint density at radius 1 is 1.05 bits per heavy atom. The van der Waals surface area contributed by atoms with Crippen molar-refractivity contribution in [2.75, 3.05) is 6.61 Å². The Kier molecular flexibility index (Phi) is 5.73. The van der Waals surface area contributed by atoms with Gasteiger partial charge in [-0.1, -0.05) is 6.92 Å². The largest absolute Gasteiger partial charge is 0.393 e. The van der Waals surface area contributed by atoms with Gasteiger partial charge in [-0.2, -0.15) is 0 Å². The monoisotopic (exact) mass is 310 g/mol. The lowest BCUT2D eigenvalue weighted by molar-refractivity contribution is -0.0970. The van der Waals surface area contributed by atoms with Crippen molar-refractivity contribution in [3.63, 3.8) is 0 Å². The van der Waals surface area contributed by atoms with Crippen LogP contribution in [0, 0.1) is 11.8 Å². The summed E-state index contributed by atoms with van der Waals surface area (Å²) in [4.78, 5) is 17.4. The molecule has 0 amide bonds. The van der Waals surface area contributed by atoms with Crippen LogP contribution in [0.5, 0.6) is 0 Å². The van der Waals surface area contributed by atoms with Crippen LogP contribution >= 0.6 is 8.60 Å². The lowest BCUT2D eigenvalue weighted by Crippen LogP contribution is -2.43. The summed E-state index contributed by atoms with van der Waals surface area (Å²) in [5.41, 5.74) is 0. The molecule has 0 bridgehead atoms. The Bertz CT molecular complexity index is 316. The molecule has 0 radical (unpaired) electrons. The van der Waals surface area contributed by atoms with Gasteiger partial charge in [0.25, 0.3) is 0 Å². The molecule has 1 saturated carbocycles. The molecule has 20 heavy (non-hydrogen) atoms. The summed E-state index contributed by atoms with van der Waals surface area (Å²) in [6.07, 6.45) is -1.46. The summed E-state index contributed by atoms with van der Waals surface area (Å²) in [6.45, 7) is 1.84. The second-order valence-electron chi connectivity index (χ2n) is 5.81. The highest BCUT2D eigenvalue weighted by atomic mass is 31.2. The van der Waals surface area contributed by atoms with E-state index in [1.54, 1.807) is 0 Å². The number of rotatable bonds is 4. The molecule has 118 valence electrons. The molecular weight excluding hydrogens is 287 g/mol. The fourth-order valence-corrected chi connectivity index (χ4v) is 3.40. The summed E-state index contributed by atoms with van der Waals surface area (Å²) in [5, 5.41) is 29.7. The lowest BCUT2D eigenvalue weighted by Gasteiger charge is -2.38. The van der Waals surface area contributed by atoms with E-state index in [1.807, 2.05) is 6.92 Å². The van der Waals surface area contributed by atoms with Crippen molar-refractivity contribution < 1.29 is 34.4 Å². The zero-order valence-electron chi connectivity index (χ0n) is 11.4. The first-order valence-electron chi connectivity index (χ1n) is 6.89. The zero-order chi connectivity index (χ0) is 14.9. The summed E-state index contributed by atoms with van der Waals surface area (Å²) < 4.78 is 10.4. The molecule has 1 heterocycles. The van der Waals surface area contributed by atoms with Gasteiger partial charge < -0.3 is 34.4 Å². The van der Waals surface area contributed by atoms with Crippen LogP contribution in [-0.4, -0.2) is 62.2 Å². The maximum atomic E-state index is 10.1. The zero-order valence-corrected chi connectivity index (χ0v) is 12.3. The summed E-state index contributed by atoms with van der Waals surface area (Å²) in [6, 6.07) is 0. The molecule has 2 aliphatic rings. The molecule has 7 nitrogen and oxygen atoms in total. The minimum Gasteiger partial charge on any atom is -0.393 e. The van der Waals surface area contributed by atoms with E-state index in [1.165, 1.54) is 0 Å². The van der Waals surface area contributed by atoms with Gasteiger partial charge >= 0.3 is 8.60 Å². The van der Waals surface area contributed by atoms with Gasteiger partial charge in [-0.05, 0) is 18.8 Å². The number of hydrogen-bond acceptors (Lipinski definition) is 7. The van der Waals surface area contributed by atoms with E-state index in [0.717, 1.165) is 0 Å². The molecule has 2 fully saturated rings. The molecule has 1 aliphatic heterocycles. The highest BCUT2D eigenvalue weighted by molar-refractivity contribution is 7.39. The van der Waals surface area contributed by atoms with Crippen molar-refractivity contribution in [3.05, 3.63) is 0 Å². The van der Waals surface area contributed by atoms with Gasteiger partial charge in [0.1, 0.15) is 6.10 Å². The maximum absolute atomic E-state index is 10.1. The van der Waals surface area contributed by atoms with E-state index < -0.39 is 33.0 Å². The van der Waals surface area contributed by atoms with Gasteiger partial charge in [0.15, 0.2) is 0 Å². The van der Waals surface area contributed by atoms with Crippen LogP contribution in [0.1, 0.15) is 26.2 Å². The normalized spacial score (nSPS) is 46.0. The summed E-state index contributed by atoms with van der Waals surface area (Å²) in [5.74, 6) is -0.0417. The average molecular weight is 310 g/mol. The molecule has 7 atom stereocenters. The molecule has 1 saturated heterocycles. The van der Waals surface area contributed by atoms with Crippen molar-refractivity contribution in [3.8, 4) is 0 Å². The fraction of sp³-hybridized carbons (Fsp3) is 1.00. The predicted octanol–water partition coefficient (Wildman–Crippen LogP) is -0.499. The smallest absolute Gasteiger partial charge is 0.327 e. The van der Waals surface area contributed by atoms with Crippen LogP contribution in [0.15, 0.2) is 0 Å². The Morgan fingerprint density at radius 3 is 2.40 bits per heavy atom. The van der Waals surface area contributed by atoms with Crippen LogP contribution in [0.3, 0.4) is 0 Å². The summed E-state index contributed by atoms with van der Waals surface area (Å²) in [7, 11) is -2.46. The molecule has 0 aromatic carbocycles. The van der Waals surface area contributed by atoms with Crippen molar-refractivity contribution in [1.82, 2.24) is 0 Å². The van der Waals surface area contributed by atoms with Gasteiger partial charge in [-0.25, -0.2) is 0 Å². The number of aliphatic hydroxyl groups excluding tert-OH is 3. The van der Waals surface area contributed by atoms with Gasteiger partial charge in [0.2, 0.25) is 0 Å². The second-order valence-corrected chi connectivity index (χ2v) is 6.58. The van der Waals surface area contributed by atoms with E-state index in [9.17, 15) is 15.3 Å². The maximum Gasteiger partial charge on any atom is 0.327 e. The SMILES string of the molecule is CC1CC(C2CC(O)C(COP(O)O)O2)C(O)CC1O. The second kappa shape index (κ2) is 6.94. The molecule has 0 aromatic heterocycles. The van der Waals surface area contributed by atoms with Gasteiger partial charge in [0, 0.05) is 12.3 Å². The molecule has 0 spiro atoms. The lowest BCUT2D eigenvalue weighted by atomic mass is 9.75. The van der Waals surface area contributed by atoms with E-state index in [4.69, 9.17) is 14.5 Å². The van der Waals surface area contributed by atoms with Gasteiger partial charge in [-0.3, -0.25) is 0 Å². The number of ether oxygens (including phenoxy) is 1. The highest BCUT2D eigenvalue weighted by Crippen LogP contribution is 2.38. The van der Waals surface area contributed by atoms with Crippen LogP contribution in [0.4, 0.5) is 0 Å². The first-order chi connectivity index (χ1) is 9.38. The average Bonchev–Trinajstić information content (AvgIpc) is 2.72. The molecule has 8 heteroatoms. The van der Waals surface area contributed by atoms with Crippen molar-refractivity contribution >= 4 is 8.60 Å². The molecule has 0 aromatic rings. The van der Waals surface area contributed by atoms with E-state index >= 15 is 0 Å². The minimum atomic E-state index is -2.46. The Morgan fingerprint density at radius 2 is 1.75 bits per heavy atom. The predicted molar refractivity (Wildman–Crippen MR) is 70.5 cm³/mol. The van der Waals surface area contributed by atoms with E-state index in [-0.39, 0.29) is 24.5 Å². The third-order valence-corrected chi connectivity index (χ3v) is 4.74. The molecular formula is C12H23O7P. The Hall–Kier alpha value is 0.150. The molecule has 5 N–H and O–H groups in total. The molecule has 1 aliphatic carbocycles. The van der Waals surface area contributed by atoms with Crippen molar-refractivity contribution in [2.24, 2.45) is 11.8 Å². The Labute approximate surface area is 119 Å². The number of aliphatic hydroxyl groups is 3. The van der Waals surface area contributed by atoms with Crippen LogP contribution in [-0.2, 0) is 9.26 Å².